The predicted octanol–water partition coefficient (Wildman–Crippen LogP) is 10.2. The van der Waals surface area contributed by atoms with Crippen molar-refractivity contribution in [3.63, 3.8) is 0 Å². The third-order valence-corrected chi connectivity index (χ3v) is 8.91. The summed E-state index contributed by atoms with van der Waals surface area (Å²) in [5, 5.41) is 0. The summed E-state index contributed by atoms with van der Waals surface area (Å²) in [5.74, 6) is -2.02. The Morgan fingerprint density at radius 1 is 0.508 bits per heavy atom. The first kappa shape index (κ1) is 61.2. The standard InChI is InChI=1S/C13H20O2.C11H16O.C10H18O4.2C8H14O3/c1-3-5-6-7-8-10-13(9-4-2)14-11-12-15-13;1-3-5-6-7-8-10-11(12)9-4-2;1-3-5-10(13-6-7-14-10)8-9(11)12-4-2;1-2-3-8(4-5-9)10-6-7-11-8;1-3-5-7(9)6-8(10)11-4-2/h3,5-8H,1,4,9-12H2,2H3;3,5-8H,1,4,9-10H2,2H3;3-8H2,1-2H3;5H,2-4,6-7H2,1H3;3-6H2,1-2H3/b2*6-5+,8-7?;;;. The van der Waals surface area contributed by atoms with Crippen LogP contribution in [0.1, 0.15) is 145 Å². The highest BCUT2D eigenvalue weighted by Crippen LogP contribution is 2.30. The van der Waals surface area contributed by atoms with Crippen molar-refractivity contribution in [2.75, 3.05) is 52.9 Å². The predicted molar refractivity (Wildman–Crippen MR) is 248 cm³/mol. The Balaban J connectivity index is 0. The van der Waals surface area contributed by atoms with Crippen molar-refractivity contribution < 1.29 is 61.9 Å². The van der Waals surface area contributed by atoms with Crippen molar-refractivity contribution in [3.05, 3.63) is 73.9 Å². The van der Waals surface area contributed by atoms with Crippen molar-refractivity contribution in [1.29, 1.82) is 0 Å². The number of allylic oxidation sites excluding steroid dienone is 9. The second-order valence-electron chi connectivity index (χ2n) is 14.5. The number of Topliss-reactive ketones (excluding diaryl/α,β-unsaturated/α-hetero) is 2. The summed E-state index contributed by atoms with van der Waals surface area (Å²) in [6, 6.07) is 0. The summed E-state index contributed by atoms with van der Waals surface area (Å²) < 4.78 is 42.5. The fourth-order valence-electron chi connectivity index (χ4n) is 6.27. The zero-order valence-corrected chi connectivity index (χ0v) is 39.8. The topological polar surface area (TPSA) is 159 Å². The van der Waals surface area contributed by atoms with E-state index < -0.39 is 17.5 Å². The van der Waals surface area contributed by atoms with Gasteiger partial charge in [-0.3, -0.25) is 19.2 Å². The molecule has 3 rings (SSSR count). The maximum Gasteiger partial charge on any atom is 0.313 e. The molecule has 3 fully saturated rings. The average Bonchev–Trinajstić information content (AvgIpc) is 4.03. The molecule has 0 aliphatic carbocycles. The fraction of sp³-hybridized carbons (Fsp3) is 0.660. The third kappa shape index (κ3) is 32.5. The molecule has 13 nitrogen and oxygen atoms in total. The number of carbonyl (C=O) groups is 5. The lowest BCUT2D eigenvalue weighted by Crippen LogP contribution is -2.33. The Hall–Kier alpha value is -3.85. The smallest absolute Gasteiger partial charge is 0.313 e. The third-order valence-electron chi connectivity index (χ3n) is 8.91. The van der Waals surface area contributed by atoms with Crippen molar-refractivity contribution in [3.8, 4) is 0 Å². The molecule has 3 saturated heterocycles. The highest BCUT2D eigenvalue weighted by Gasteiger charge is 2.38. The Morgan fingerprint density at radius 3 is 1.35 bits per heavy atom. The van der Waals surface area contributed by atoms with Crippen LogP contribution in [0, 0.1) is 0 Å². The molecule has 0 amide bonds. The lowest BCUT2D eigenvalue weighted by molar-refractivity contribution is -0.185. The molecule has 0 aromatic rings. The molecule has 0 bridgehead atoms. The van der Waals surface area contributed by atoms with Crippen LogP contribution in [0.3, 0.4) is 0 Å². The number of aldehydes is 1. The van der Waals surface area contributed by atoms with Gasteiger partial charge in [-0.15, -0.1) is 0 Å². The van der Waals surface area contributed by atoms with Gasteiger partial charge >= 0.3 is 11.9 Å². The maximum absolute atomic E-state index is 11.3. The van der Waals surface area contributed by atoms with Gasteiger partial charge in [-0.25, -0.2) is 0 Å². The SMILES string of the molecule is C=C/C=C/C=CCC(=O)CCC.C=C/C=C/C=CCC1(CCC)OCCO1.CCCC(=O)CC(=O)OCC.CCCC1(CC(=O)OCC)OCCO1.CCCC1(CC=O)OCCO1. The molecule has 63 heavy (non-hydrogen) atoms. The number of rotatable bonds is 26. The molecular formula is C50H82O13. The van der Waals surface area contributed by atoms with Crippen molar-refractivity contribution >= 4 is 29.8 Å². The summed E-state index contributed by atoms with van der Waals surface area (Å²) in [5.41, 5.74) is 0. The van der Waals surface area contributed by atoms with E-state index in [1.807, 2.05) is 63.3 Å². The molecule has 0 unspecified atom stereocenters. The Labute approximate surface area is 379 Å². The van der Waals surface area contributed by atoms with Gasteiger partial charge in [-0.1, -0.05) is 128 Å². The lowest BCUT2D eigenvalue weighted by Gasteiger charge is -2.25. The van der Waals surface area contributed by atoms with Gasteiger partial charge in [-0.05, 0) is 26.7 Å². The molecule has 13 heteroatoms. The van der Waals surface area contributed by atoms with Crippen LogP contribution in [0.15, 0.2) is 73.9 Å². The van der Waals surface area contributed by atoms with Gasteiger partial charge in [-0.2, -0.15) is 0 Å². The Kier molecular flexibility index (Phi) is 39.7. The van der Waals surface area contributed by atoms with Crippen LogP contribution < -0.4 is 0 Å². The maximum atomic E-state index is 11.3. The van der Waals surface area contributed by atoms with Crippen LogP contribution in [0.4, 0.5) is 0 Å². The van der Waals surface area contributed by atoms with Crippen molar-refractivity contribution in [2.24, 2.45) is 0 Å². The largest absolute Gasteiger partial charge is 0.466 e. The molecule has 3 heterocycles. The number of ether oxygens (including phenoxy) is 8. The minimum Gasteiger partial charge on any atom is -0.466 e. The zero-order valence-electron chi connectivity index (χ0n) is 39.8. The average molecular weight is 891 g/mol. The summed E-state index contributed by atoms with van der Waals surface area (Å²) in [4.78, 5) is 54.1. The van der Waals surface area contributed by atoms with Gasteiger partial charge < -0.3 is 42.7 Å². The Bertz CT molecular complexity index is 1330. The Morgan fingerprint density at radius 2 is 0.921 bits per heavy atom. The number of carbonyl (C=O) groups excluding carboxylic acids is 5. The van der Waals surface area contributed by atoms with E-state index in [9.17, 15) is 24.0 Å². The van der Waals surface area contributed by atoms with Crippen LogP contribution in [0.25, 0.3) is 0 Å². The van der Waals surface area contributed by atoms with Crippen LogP contribution in [0.2, 0.25) is 0 Å². The molecule has 0 radical (unpaired) electrons. The second kappa shape index (κ2) is 40.9. The summed E-state index contributed by atoms with van der Waals surface area (Å²) in [6.07, 6.45) is 30.0. The van der Waals surface area contributed by atoms with E-state index in [0.717, 1.165) is 77.3 Å². The highest BCUT2D eigenvalue weighted by molar-refractivity contribution is 5.95. The van der Waals surface area contributed by atoms with Crippen molar-refractivity contribution in [2.45, 2.75) is 162 Å². The molecule has 0 aromatic carbocycles. The van der Waals surface area contributed by atoms with Crippen LogP contribution in [-0.4, -0.2) is 100 Å². The first-order chi connectivity index (χ1) is 30.4. The minimum absolute atomic E-state index is 0.0362. The van der Waals surface area contributed by atoms with Gasteiger partial charge in [0.15, 0.2) is 17.4 Å². The van der Waals surface area contributed by atoms with Crippen LogP contribution in [-0.2, 0) is 61.9 Å². The number of hydrogen-bond donors (Lipinski definition) is 0. The van der Waals surface area contributed by atoms with E-state index in [4.69, 9.17) is 33.2 Å². The summed E-state index contributed by atoms with van der Waals surface area (Å²) in [7, 11) is 0. The number of ketones is 2. The minimum atomic E-state index is -0.707. The van der Waals surface area contributed by atoms with E-state index in [-0.39, 0.29) is 30.4 Å². The summed E-state index contributed by atoms with van der Waals surface area (Å²) >= 11 is 0. The molecular weight excluding hydrogens is 809 g/mol. The van der Waals surface area contributed by atoms with Gasteiger partial charge in [0.05, 0.1) is 65.7 Å². The molecule has 3 aliphatic rings. The lowest BCUT2D eigenvalue weighted by atomic mass is 10.1. The first-order valence-corrected chi connectivity index (χ1v) is 22.9. The number of hydrogen-bond acceptors (Lipinski definition) is 13. The van der Waals surface area contributed by atoms with Gasteiger partial charge in [0, 0.05) is 44.9 Å². The zero-order chi connectivity index (χ0) is 47.5. The van der Waals surface area contributed by atoms with Crippen molar-refractivity contribution in [1.82, 2.24) is 0 Å². The van der Waals surface area contributed by atoms with E-state index in [1.54, 1.807) is 26.0 Å². The highest BCUT2D eigenvalue weighted by atomic mass is 16.7. The molecule has 360 valence electrons. The van der Waals surface area contributed by atoms with Gasteiger partial charge in [0.1, 0.15) is 24.3 Å². The molecule has 0 saturated carbocycles. The molecule has 0 atom stereocenters. The van der Waals surface area contributed by atoms with E-state index >= 15 is 0 Å². The normalized spacial score (nSPS) is 16.7. The second-order valence-corrected chi connectivity index (χ2v) is 14.5. The van der Waals surface area contributed by atoms with Gasteiger partial charge in [0.25, 0.3) is 0 Å². The summed E-state index contributed by atoms with van der Waals surface area (Å²) in [6.45, 7) is 25.4. The number of esters is 2. The monoisotopic (exact) mass is 891 g/mol. The quantitative estimate of drug-likeness (QED) is 0.0350. The first-order valence-electron chi connectivity index (χ1n) is 22.9. The van der Waals surface area contributed by atoms with E-state index in [1.165, 1.54) is 0 Å². The molecule has 0 spiro atoms. The molecule has 0 aromatic heterocycles. The van der Waals surface area contributed by atoms with Gasteiger partial charge in [0.2, 0.25) is 0 Å². The van der Waals surface area contributed by atoms with E-state index in [2.05, 4.69) is 37.8 Å². The van der Waals surface area contributed by atoms with E-state index in [0.29, 0.717) is 71.1 Å². The molecule has 0 N–H and O–H groups in total. The van der Waals surface area contributed by atoms with Crippen LogP contribution >= 0.6 is 0 Å². The fourth-order valence-corrected chi connectivity index (χ4v) is 6.27. The molecule has 3 aliphatic heterocycles. The van der Waals surface area contributed by atoms with Crippen LogP contribution in [0.5, 0.6) is 0 Å².